The number of rotatable bonds is 7. The zero-order valence-electron chi connectivity index (χ0n) is 15.4. The lowest BCUT2D eigenvalue weighted by molar-refractivity contribution is -0.116. The Morgan fingerprint density at radius 1 is 1.12 bits per heavy atom. The molecule has 0 bridgehead atoms. The Morgan fingerprint density at radius 2 is 1.84 bits per heavy atom. The van der Waals surface area contributed by atoms with Crippen LogP contribution in [0.2, 0.25) is 0 Å². The van der Waals surface area contributed by atoms with E-state index < -0.39 is 0 Å². The van der Waals surface area contributed by atoms with Crippen LogP contribution in [-0.4, -0.2) is 24.5 Å². The first-order valence-corrected chi connectivity index (χ1v) is 9.49. The smallest absolute Gasteiger partial charge is 0.315 e. The molecule has 3 amide bonds. The number of hydrogen-bond donors (Lipinski definition) is 3. The molecule has 0 heterocycles. The topological polar surface area (TPSA) is 70.2 Å². The third kappa shape index (κ3) is 6.77. The summed E-state index contributed by atoms with van der Waals surface area (Å²) in [6, 6.07) is 8.08. The first kappa shape index (κ1) is 19.3. The number of benzene rings is 1. The van der Waals surface area contributed by atoms with Gasteiger partial charge in [-0.25, -0.2) is 4.79 Å². The molecule has 0 aliphatic heterocycles. The summed E-state index contributed by atoms with van der Waals surface area (Å²) in [6.45, 7) is 4.73. The third-order valence-corrected chi connectivity index (χ3v) is 4.66. The summed E-state index contributed by atoms with van der Waals surface area (Å²) in [5.41, 5.74) is 2.02. The number of carbonyl (C=O) groups is 2. The highest BCUT2D eigenvalue weighted by atomic mass is 16.2. The molecule has 1 saturated carbocycles. The Labute approximate surface area is 151 Å². The van der Waals surface area contributed by atoms with Gasteiger partial charge in [0.15, 0.2) is 0 Å². The third-order valence-electron chi connectivity index (χ3n) is 4.66. The van der Waals surface area contributed by atoms with Crippen LogP contribution < -0.4 is 16.0 Å². The lowest BCUT2D eigenvalue weighted by Crippen LogP contribution is -2.43. The van der Waals surface area contributed by atoms with Crippen LogP contribution in [0.1, 0.15) is 70.3 Å². The van der Waals surface area contributed by atoms with Gasteiger partial charge in [0.25, 0.3) is 0 Å². The van der Waals surface area contributed by atoms with Crippen molar-refractivity contribution >= 4 is 17.6 Å². The number of para-hydroxylation sites is 1. The molecule has 5 heteroatoms. The van der Waals surface area contributed by atoms with Gasteiger partial charge < -0.3 is 16.0 Å². The van der Waals surface area contributed by atoms with E-state index in [-0.39, 0.29) is 11.9 Å². The number of amides is 3. The van der Waals surface area contributed by atoms with Gasteiger partial charge in [0.05, 0.1) is 0 Å². The maximum Gasteiger partial charge on any atom is 0.315 e. The van der Waals surface area contributed by atoms with E-state index in [0.717, 1.165) is 24.1 Å². The molecule has 3 N–H and O–H groups in total. The lowest BCUT2D eigenvalue weighted by atomic mass is 9.96. The molecule has 0 spiro atoms. The number of carbonyl (C=O) groups excluding carboxylic acids is 2. The monoisotopic (exact) mass is 345 g/mol. The second kappa shape index (κ2) is 10.1. The van der Waals surface area contributed by atoms with Crippen LogP contribution in [0.5, 0.6) is 0 Å². The van der Waals surface area contributed by atoms with E-state index in [4.69, 9.17) is 0 Å². The van der Waals surface area contributed by atoms with Gasteiger partial charge in [-0.05, 0) is 36.8 Å². The van der Waals surface area contributed by atoms with Crippen LogP contribution in [0.4, 0.5) is 10.5 Å². The zero-order valence-corrected chi connectivity index (χ0v) is 15.4. The largest absolute Gasteiger partial charge is 0.338 e. The first-order chi connectivity index (χ1) is 12.1. The molecule has 2 rings (SSSR count). The van der Waals surface area contributed by atoms with Crippen molar-refractivity contribution in [2.24, 2.45) is 0 Å². The maximum atomic E-state index is 12.1. The van der Waals surface area contributed by atoms with Crippen LogP contribution in [0.15, 0.2) is 24.3 Å². The van der Waals surface area contributed by atoms with Crippen LogP contribution in [-0.2, 0) is 4.79 Å². The Kier molecular flexibility index (Phi) is 7.76. The van der Waals surface area contributed by atoms with Gasteiger partial charge in [-0.3, -0.25) is 4.79 Å². The number of hydrogen-bond acceptors (Lipinski definition) is 2. The van der Waals surface area contributed by atoms with Crippen LogP contribution in [0, 0.1) is 0 Å². The SMILES string of the molecule is CC(C)c1ccccc1NC(=O)CCCNC(=O)NC1CCCCC1. The quantitative estimate of drug-likeness (QED) is 0.649. The molecule has 1 fully saturated rings. The fourth-order valence-corrected chi connectivity index (χ4v) is 3.26. The molecule has 1 aromatic rings. The Morgan fingerprint density at radius 3 is 2.56 bits per heavy atom. The summed E-state index contributed by atoms with van der Waals surface area (Å²) in [6.07, 6.45) is 6.85. The van der Waals surface area contributed by atoms with Crippen molar-refractivity contribution in [3.63, 3.8) is 0 Å². The fourth-order valence-electron chi connectivity index (χ4n) is 3.26. The predicted molar refractivity (Wildman–Crippen MR) is 102 cm³/mol. The molecule has 1 aromatic carbocycles. The van der Waals surface area contributed by atoms with Gasteiger partial charge in [0, 0.05) is 24.7 Å². The standard InChI is InChI=1S/C20H31N3O2/c1-15(2)17-11-6-7-12-18(17)23-19(24)13-8-14-21-20(25)22-16-9-4-3-5-10-16/h6-7,11-12,15-16H,3-5,8-10,13-14H2,1-2H3,(H,23,24)(H2,21,22,25). The lowest BCUT2D eigenvalue weighted by Gasteiger charge is -2.22. The van der Waals surface area contributed by atoms with E-state index in [1.165, 1.54) is 19.3 Å². The molecular formula is C20H31N3O2. The van der Waals surface area contributed by atoms with Crippen molar-refractivity contribution in [3.05, 3.63) is 29.8 Å². The van der Waals surface area contributed by atoms with E-state index in [0.29, 0.717) is 31.3 Å². The fraction of sp³-hybridized carbons (Fsp3) is 0.600. The highest BCUT2D eigenvalue weighted by Crippen LogP contribution is 2.23. The molecule has 25 heavy (non-hydrogen) atoms. The Bertz CT molecular complexity index is 566. The average molecular weight is 345 g/mol. The van der Waals surface area contributed by atoms with Gasteiger partial charge in [-0.15, -0.1) is 0 Å². The van der Waals surface area contributed by atoms with Gasteiger partial charge in [-0.2, -0.15) is 0 Å². The minimum absolute atomic E-state index is 0.0115. The minimum Gasteiger partial charge on any atom is -0.338 e. The van der Waals surface area contributed by atoms with Crippen molar-refractivity contribution in [2.75, 3.05) is 11.9 Å². The van der Waals surface area contributed by atoms with Crippen molar-refractivity contribution in [3.8, 4) is 0 Å². The summed E-state index contributed by atoms with van der Waals surface area (Å²) >= 11 is 0. The first-order valence-electron chi connectivity index (χ1n) is 9.49. The van der Waals surface area contributed by atoms with E-state index in [2.05, 4.69) is 29.8 Å². The summed E-state index contributed by atoms with van der Waals surface area (Å²) in [5.74, 6) is 0.351. The van der Waals surface area contributed by atoms with Gasteiger partial charge in [0.1, 0.15) is 0 Å². The van der Waals surface area contributed by atoms with Crippen LogP contribution in [0.25, 0.3) is 0 Å². The zero-order chi connectivity index (χ0) is 18.1. The van der Waals surface area contributed by atoms with Gasteiger partial charge in [0.2, 0.25) is 5.91 Å². The molecule has 0 saturated heterocycles. The van der Waals surface area contributed by atoms with Gasteiger partial charge >= 0.3 is 6.03 Å². The summed E-state index contributed by atoms with van der Waals surface area (Å²) in [5, 5.41) is 8.84. The molecule has 138 valence electrons. The summed E-state index contributed by atoms with van der Waals surface area (Å²) in [7, 11) is 0. The van der Waals surface area contributed by atoms with Crippen LogP contribution >= 0.6 is 0 Å². The molecule has 0 aromatic heterocycles. The molecule has 0 radical (unpaired) electrons. The molecule has 5 nitrogen and oxygen atoms in total. The highest BCUT2D eigenvalue weighted by molar-refractivity contribution is 5.91. The predicted octanol–water partition coefficient (Wildman–Crippen LogP) is 4.16. The number of nitrogens with one attached hydrogen (secondary N) is 3. The van der Waals surface area contributed by atoms with Crippen LogP contribution in [0.3, 0.4) is 0 Å². The van der Waals surface area contributed by atoms with Crippen molar-refractivity contribution in [1.82, 2.24) is 10.6 Å². The minimum atomic E-state index is -0.113. The van der Waals surface area contributed by atoms with Crippen molar-refractivity contribution in [1.29, 1.82) is 0 Å². The Balaban J connectivity index is 1.64. The van der Waals surface area contributed by atoms with Crippen molar-refractivity contribution < 1.29 is 9.59 Å². The molecule has 1 aliphatic carbocycles. The molecule has 1 aliphatic rings. The van der Waals surface area contributed by atoms with Gasteiger partial charge in [-0.1, -0.05) is 51.3 Å². The second-order valence-corrected chi connectivity index (χ2v) is 7.13. The normalized spacial score (nSPS) is 15.0. The van der Waals surface area contributed by atoms with E-state index in [1.807, 2.05) is 24.3 Å². The number of anilines is 1. The molecule has 0 unspecified atom stereocenters. The van der Waals surface area contributed by atoms with Crippen molar-refractivity contribution in [2.45, 2.75) is 70.8 Å². The Hall–Kier alpha value is -2.04. The number of urea groups is 1. The second-order valence-electron chi connectivity index (χ2n) is 7.13. The van der Waals surface area contributed by atoms with E-state index in [9.17, 15) is 9.59 Å². The summed E-state index contributed by atoms with van der Waals surface area (Å²) < 4.78 is 0. The molecule has 0 atom stereocenters. The highest BCUT2D eigenvalue weighted by Gasteiger charge is 2.15. The van der Waals surface area contributed by atoms with E-state index in [1.54, 1.807) is 0 Å². The molecular weight excluding hydrogens is 314 g/mol. The van der Waals surface area contributed by atoms with E-state index >= 15 is 0 Å². The summed E-state index contributed by atoms with van der Waals surface area (Å²) in [4.78, 5) is 24.0. The maximum absolute atomic E-state index is 12.1. The average Bonchev–Trinajstić information content (AvgIpc) is 2.60.